The number of hydrogen-bond acceptors (Lipinski definition) is 4. The second-order valence-electron chi connectivity index (χ2n) is 6.54. The molecule has 0 radical (unpaired) electrons. The van der Waals surface area contributed by atoms with Crippen LogP contribution in [0, 0.1) is 0 Å². The lowest BCUT2D eigenvalue weighted by Crippen LogP contribution is -2.48. The molecule has 0 aromatic heterocycles. The standard InChI is InChI=1S/C16H32INO4/c1-7-9-20-10-11-21-16(6,12-17)13-18(8-2)14(19)22-15(3,4)5/h7-13H2,1-6H3. The highest BCUT2D eigenvalue weighted by molar-refractivity contribution is 14.1. The Morgan fingerprint density at radius 1 is 1.09 bits per heavy atom. The Balaban J connectivity index is 4.48. The Labute approximate surface area is 149 Å². The van der Waals surface area contributed by atoms with Crippen LogP contribution in [0.5, 0.6) is 0 Å². The molecule has 1 atom stereocenters. The van der Waals surface area contributed by atoms with Gasteiger partial charge in [0.05, 0.1) is 25.4 Å². The highest BCUT2D eigenvalue weighted by atomic mass is 127. The molecule has 0 saturated heterocycles. The van der Waals surface area contributed by atoms with E-state index in [4.69, 9.17) is 14.2 Å². The van der Waals surface area contributed by atoms with Crippen LogP contribution in [-0.2, 0) is 14.2 Å². The maximum atomic E-state index is 12.2. The van der Waals surface area contributed by atoms with Crippen LogP contribution in [0.2, 0.25) is 0 Å². The van der Waals surface area contributed by atoms with Gasteiger partial charge in [-0.05, 0) is 41.0 Å². The lowest BCUT2D eigenvalue weighted by atomic mass is 10.1. The summed E-state index contributed by atoms with van der Waals surface area (Å²) in [6, 6.07) is 0. The molecule has 0 aromatic carbocycles. The second kappa shape index (κ2) is 10.6. The Morgan fingerprint density at radius 2 is 1.73 bits per heavy atom. The summed E-state index contributed by atoms with van der Waals surface area (Å²) in [6.45, 7) is 14.6. The van der Waals surface area contributed by atoms with Gasteiger partial charge in [0.1, 0.15) is 5.60 Å². The smallest absolute Gasteiger partial charge is 0.410 e. The van der Waals surface area contributed by atoms with Crippen molar-refractivity contribution >= 4 is 28.7 Å². The first-order chi connectivity index (χ1) is 10.2. The van der Waals surface area contributed by atoms with E-state index in [-0.39, 0.29) is 6.09 Å². The normalized spacial score (nSPS) is 14.5. The van der Waals surface area contributed by atoms with Gasteiger partial charge < -0.3 is 19.1 Å². The molecule has 0 N–H and O–H groups in total. The molecule has 0 aliphatic carbocycles. The van der Waals surface area contributed by atoms with Crippen molar-refractivity contribution in [3.05, 3.63) is 0 Å². The van der Waals surface area contributed by atoms with Gasteiger partial charge in [-0.1, -0.05) is 29.5 Å². The maximum absolute atomic E-state index is 12.2. The highest BCUT2D eigenvalue weighted by Gasteiger charge is 2.30. The van der Waals surface area contributed by atoms with Gasteiger partial charge in [-0.15, -0.1) is 0 Å². The highest BCUT2D eigenvalue weighted by Crippen LogP contribution is 2.18. The van der Waals surface area contributed by atoms with E-state index in [1.165, 1.54) is 0 Å². The van der Waals surface area contributed by atoms with Crippen molar-refractivity contribution in [2.75, 3.05) is 37.3 Å². The number of rotatable bonds is 10. The molecule has 132 valence electrons. The number of halogens is 1. The minimum absolute atomic E-state index is 0.295. The summed E-state index contributed by atoms with van der Waals surface area (Å²) in [6.07, 6.45) is 0.711. The maximum Gasteiger partial charge on any atom is 0.410 e. The van der Waals surface area contributed by atoms with Crippen LogP contribution < -0.4 is 0 Å². The van der Waals surface area contributed by atoms with E-state index < -0.39 is 11.2 Å². The SMILES string of the molecule is CCCOCCOC(C)(CI)CN(CC)C(=O)OC(C)(C)C. The van der Waals surface area contributed by atoms with Gasteiger partial charge in [-0.3, -0.25) is 0 Å². The fraction of sp³-hybridized carbons (Fsp3) is 0.938. The third-order valence-corrected chi connectivity index (χ3v) is 4.48. The van der Waals surface area contributed by atoms with E-state index >= 15 is 0 Å². The molecular weight excluding hydrogens is 397 g/mol. The number of ether oxygens (including phenoxy) is 3. The predicted molar refractivity (Wildman–Crippen MR) is 97.8 cm³/mol. The van der Waals surface area contributed by atoms with Gasteiger partial charge in [-0.25, -0.2) is 4.79 Å². The zero-order valence-electron chi connectivity index (χ0n) is 14.9. The van der Waals surface area contributed by atoms with Crippen LogP contribution in [0.25, 0.3) is 0 Å². The molecule has 1 unspecified atom stereocenters. The van der Waals surface area contributed by atoms with E-state index in [0.717, 1.165) is 17.5 Å². The molecule has 0 spiro atoms. The zero-order valence-corrected chi connectivity index (χ0v) is 17.1. The van der Waals surface area contributed by atoms with E-state index in [1.54, 1.807) is 4.90 Å². The topological polar surface area (TPSA) is 48.0 Å². The number of nitrogens with zero attached hydrogens (tertiary/aromatic N) is 1. The Morgan fingerprint density at radius 3 is 2.18 bits per heavy atom. The van der Waals surface area contributed by atoms with Crippen molar-refractivity contribution < 1.29 is 19.0 Å². The fourth-order valence-corrected chi connectivity index (χ4v) is 2.22. The first-order valence-corrected chi connectivity index (χ1v) is 9.45. The molecule has 0 saturated carbocycles. The minimum atomic E-state index is -0.486. The van der Waals surface area contributed by atoms with Gasteiger partial charge in [0.25, 0.3) is 0 Å². The Kier molecular flexibility index (Phi) is 10.6. The summed E-state index contributed by atoms with van der Waals surface area (Å²) in [5.41, 5.74) is -0.886. The van der Waals surface area contributed by atoms with Crippen LogP contribution >= 0.6 is 22.6 Å². The van der Waals surface area contributed by atoms with E-state index in [1.807, 2.05) is 34.6 Å². The summed E-state index contributed by atoms with van der Waals surface area (Å²) in [7, 11) is 0. The van der Waals surface area contributed by atoms with Crippen molar-refractivity contribution in [1.29, 1.82) is 0 Å². The summed E-state index contributed by atoms with van der Waals surface area (Å²) < 4.78 is 17.6. The average molecular weight is 429 g/mol. The number of hydrogen-bond donors (Lipinski definition) is 0. The molecule has 0 rings (SSSR count). The second-order valence-corrected chi connectivity index (χ2v) is 7.30. The summed E-state index contributed by atoms with van der Waals surface area (Å²) in [5, 5.41) is 0. The van der Waals surface area contributed by atoms with Gasteiger partial charge in [0, 0.05) is 17.6 Å². The quantitative estimate of drug-likeness (QED) is 0.301. The van der Waals surface area contributed by atoms with E-state index in [0.29, 0.717) is 26.3 Å². The van der Waals surface area contributed by atoms with Crippen LogP contribution in [-0.4, -0.2) is 59.5 Å². The Bertz CT molecular complexity index is 320. The monoisotopic (exact) mass is 429 g/mol. The molecule has 6 heteroatoms. The lowest BCUT2D eigenvalue weighted by Gasteiger charge is -2.34. The first kappa shape index (κ1) is 21.9. The summed E-state index contributed by atoms with van der Waals surface area (Å²) in [5.74, 6) is 0. The van der Waals surface area contributed by atoms with Crippen LogP contribution in [0.3, 0.4) is 0 Å². The van der Waals surface area contributed by atoms with Crippen molar-refractivity contribution in [2.45, 2.75) is 59.2 Å². The van der Waals surface area contributed by atoms with Crippen molar-refractivity contribution in [1.82, 2.24) is 4.90 Å². The minimum Gasteiger partial charge on any atom is -0.444 e. The van der Waals surface area contributed by atoms with Crippen molar-refractivity contribution in [3.63, 3.8) is 0 Å². The van der Waals surface area contributed by atoms with E-state index in [2.05, 4.69) is 29.5 Å². The molecule has 0 fully saturated rings. The average Bonchev–Trinajstić information content (AvgIpc) is 2.42. The molecule has 0 aromatic rings. The fourth-order valence-electron chi connectivity index (χ4n) is 1.76. The lowest BCUT2D eigenvalue weighted by molar-refractivity contribution is -0.0599. The molecule has 0 bridgehead atoms. The van der Waals surface area contributed by atoms with Crippen molar-refractivity contribution in [3.8, 4) is 0 Å². The number of likely N-dealkylation sites (N-methyl/N-ethyl adjacent to an activating group) is 1. The molecular formula is C16H32INO4. The number of amides is 1. The van der Waals surface area contributed by atoms with Crippen LogP contribution in [0.4, 0.5) is 4.79 Å². The summed E-state index contributed by atoms with van der Waals surface area (Å²) in [4.78, 5) is 13.9. The third kappa shape index (κ3) is 9.84. The molecule has 0 heterocycles. The first-order valence-electron chi connectivity index (χ1n) is 7.93. The zero-order chi connectivity index (χ0) is 17.2. The van der Waals surface area contributed by atoms with Gasteiger partial charge in [0.2, 0.25) is 0 Å². The Hall–Kier alpha value is -0.0800. The molecule has 0 aliphatic heterocycles. The van der Waals surface area contributed by atoms with Gasteiger partial charge >= 0.3 is 6.09 Å². The molecule has 1 amide bonds. The predicted octanol–water partition coefficient (Wildman–Crippen LogP) is 3.88. The number of alkyl halides is 1. The molecule has 5 nitrogen and oxygen atoms in total. The summed E-state index contributed by atoms with van der Waals surface area (Å²) >= 11 is 2.29. The molecule has 22 heavy (non-hydrogen) atoms. The number of carbonyl (C=O) groups is 1. The van der Waals surface area contributed by atoms with Gasteiger partial charge in [-0.2, -0.15) is 0 Å². The largest absolute Gasteiger partial charge is 0.444 e. The third-order valence-electron chi connectivity index (χ3n) is 2.87. The van der Waals surface area contributed by atoms with Crippen LogP contribution in [0.15, 0.2) is 0 Å². The molecule has 0 aliphatic rings. The van der Waals surface area contributed by atoms with Gasteiger partial charge in [0.15, 0.2) is 0 Å². The van der Waals surface area contributed by atoms with Crippen LogP contribution in [0.1, 0.15) is 48.0 Å². The van der Waals surface area contributed by atoms with E-state index in [9.17, 15) is 4.79 Å². The number of carbonyl (C=O) groups excluding carboxylic acids is 1. The van der Waals surface area contributed by atoms with Crippen molar-refractivity contribution in [2.24, 2.45) is 0 Å².